The van der Waals surface area contributed by atoms with Crippen molar-refractivity contribution in [3.63, 3.8) is 0 Å². The number of hydrogen-bond donors (Lipinski definition) is 1. The molecule has 1 aliphatic heterocycles. The van der Waals surface area contributed by atoms with Gasteiger partial charge in [0.15, 0.2) is 0 Å². The Labute approximate surface area is 165 Å². The van der Waals surface area contributed by atoms with Gasteiger partial charge in [0.2, 0.25) is 5.91 Å². The monoisotopic (exact) mass is 384 g/mol. The summed E-state index contributed by atoms with van der Waals surface area (Å²) in [6, 6.07) is 11.6. The highest BCUT2D eigenvalue weighted by molar-refractivity contribution is 5.79. The topological polar surface area (TPSA) is 32.3 Å². The molecule has 0 aliphatic carbocycles. The van der Waals surface area contributed by atoms with Crippen LogP contribution in [0.5, 0.6) is 0 Å². The summed E-state index contributed by atoms with van der Waals surface area (Å²) in [6.07, 6.45) is 2.51. The van der Waals surface area contributed by atoms with Crippen molar-refractivity contribution >= 4 is 5.91 Å². The van der Waals surface area contributed by atoms with Gasteiger partial charge in [0.1, 0.15) is 11.6 Å². The van der Waals surface area contributed by atoms with Crippen LogP contribution in [0.25, 0.3) is 0 Å². The third kappa shape index (κ3) is 4.84. The Bertz CT molecular complexity index is 852. The molecule has 1 saturated heterocycles. The maximum atomic E-state index is 13.8. The fourth-order valence-corrected chi connectivity index (χ4v) is 3.84. The fourth-order valence-electron chi connectivity index (χ4n) is 3.84. The van der Waals surface area contributed by atoms with Crippen LogP contribution in [-0.4, -0.2) is 30.4 Å². The number of aryl methyl sites for hydroxylation is 1. The van der Waals surface area contributed by atoms with E-state index in [1.54, 1.807) is 31.2 Å². The Hall–Kier alpha value is -2.53. The Morgan fingerprint density at radius 3 is 2.71 bits per heavy atom. The van der Waals surface area contributed by atoms with E-state index >= 15 is 0 Å². The highest BCUT2D eigenvalue weighted by Crippen LogP contribution is 2.31. The molecule has 2 aromatic rings. The number of nitrogens with one attached hydrogen (secondary N) is 1. The molecular weight excluding hydrogens is 358 g/mol. The van der Waals surface area contributed by atoms with Crippen molar-refractivity contribution in [1.82, 2.24) is 10.2 Å². The Balaban J connectivity index is 1.71. The van der Waals surface area contributed by atoms with Crippen molar-refractivity contribution in [3.8, 4) is 0 Å². The number of halogens is 2. The average molecular weight is 384 g/mol. The zero-order valence-electron chi connectivity index (χ0n) is 16.1. The second-order valence-corrected chi connectivity index (χ2v) is 7.45. The fraction of sp³-hybridized carbons (Fsp3) is 0.348. The van der Waals surface area contributed by atoms with E-state index in [1.165, 1.54) is 12.1 Å². The maximum Gasteiger partial charge on any atom is 0.224 e. The number of benzene rings is 2. The van der Waals surface area contributed by atoms with Gasteiger partial charge in [0.25, 0.3) is 0 Å². The van der Waals surface area contributed by atoms with E-state index in [2.05, 4.69) is 16.8 Å². The molecule has 28 heavy (non-hydrogen) atoms. The summed E-state index contributed by atoms with van der Waals surface area (Å²) < 4.78 is 27.4. The largest absolute Gasteiger partial charge is 0.352 e. The number of rotatable bonds is 6. The van der Waals surface area contributed by atoms with Crippen LogP contribution in [-0.2, 0) is 11.3 Å². The lowest BCUT2D eigenvalue weighted by atomic mass is 9.83. The highest BCUT2D eigenvalue weighted by atomic mass is 19.1. The lowest BCUT2D eigenvalue weighted by molar-refractivity contribution is -0.127. The van der Waals surface area contributed by atoms with Gasteiger partial charge < -0.3 is 5.32 Å². The predicted octanol–water partition coefficient (Wildman–Crippen LogP) is 4.18. The molecular formula is C23H26F2N2O. The van der Waals surface area contributed by atoms with Gasteiger partial charge in [-0.25, -0.2) is 8.78 Å². The first-order valence-corrected chi connectivity index (χ1v) is 9.58. The zero-order valence-corrected chi connectivity index (χ0v) is 16.1. The molecule has 1 heterocycles. The zero-order chi connectivity index (χ0) is 20.1. The molecule has 5 heteroatoms. The van der Waals surface area contributed by atoms with E-state index < -0.39 is 0 Å². The molecule has 0 saturated carbocycles. The lowest BCUT2D eigenvalue weighted by Crippen LogP contribution is -2.45. The summed E-state index contributed by atoms with van der Waals surface area (Å²) in [5.41, 5.74) is 2.12. The lowest BCUT2D eigenvalue weighted by Gasteiger charge is -2.37. The Morgan fingerprint density at radius 1 is 1.21 bits per heavy atom. The molecule has 2 unspecified atom stereocenters. The molecule has 3 rings (SSSR count). The number of hydrogen-bond acceptors (Lipinski definition) is 2. The number of carbonyl (C=O) groups excluding carboxylic acids is 1. The van der Waals surface area contributed by atoms with Gasteiger partial charge in [-0.2, -0.15) is 0 Å². The molecule has 1 aliphatic rings. The minimum absolute atomic E-state index is 0.0825. The smallest absolute Gasteiger partial charge is 0.224 e. The van der Waals surface area contributed by atoms with E-state index in [4.69, 9.17) is 0 Å². The molecule has 0 spiro atoms. The van der Waals surface area contributed by atoms with E-state index in [0.717, 1.165) is 12.1 Å². The highest BCUT2D eigenvalue weighted by Gasteiger charge is 2.32. The van der Waals surface area contributed by atoms with Crippen LogP contribution in [0.1, 0.15) is 29.0 Å². The van der Waals surface area contributed by atoms with Crippen molar-refractivity contribution in [2.24, 2.45) is 5.92 Å². The van der Waals surface area contributed by atoms with Crippen LogP contribution >= 0.6 is 0 Å². The van der Waals surface area contributed by atoms with Crippen LogP contribution in [0.15, 0.2) is 55.1 Å². The van der Waals surface area contributed by atoms with Crippen molar-refractivity contribution in [1.29, 1.82) is 0 Å². The number of carbonyl (C=O) groups is 1. The summed E-state index contributed by atoms with van der Waals surface area (Å²) in [6.45, 7) is 7.84. The van der Waals surface area contributed by atoms with Gasteiger partial charge in [0, 0.05) is 31.7 Å². The first-order valence-electron chi connectivity index (χ1n) is 9.58. The number of piperidine rings is 1. The molecule has 2 aromatic carbocycles. The molecule has 1 amide bonds. The van der Waals surface area contributed by atoms with E-state index in [9.17, 15) is 13.6 Å². The molecule has 2 atom stereocenters. The summed E-state index contributed by atoms with van der Waals surface area (Å²) >= 11 is 0. The molecule has 3 nitrogen and oxygen atoms in total. The third-order valence-corrected chi connectivity index (χ3v) is 5.35. The molecule has 148 valence electrons. The van der Waals surface area contributed by atoms with Crippen molar-refractivity contribution in [2.75, 3.05) is 19.6 Å². The minimum Gasteiger partial charge on any atom is -0.352 e. The van der Waals surface area contributed by atoms with Crippen LogP contribution in [0.2, 0.25) is 0 Å². The van der Waals surface area contributed by atoms with Gasteiger partial charge in [0.05, 0.1) is 5.92 Å². The van der Waals surface area contributed by atoms with E-state index in [0.29, 0.717) is 30.6 Å². The SMILES string of the molecule is C=CCN1CC(C(=O)NCc2ccccc2F)CC(c2ccc(F)c(C)c2)C1. The van der Waals surface area contributed by atoms with Gasteiger partial charge in [-0.3, -0.25) is 9.69 Å². The first-order chi connectivity index (χ1) is 13.5. The van der Waals surface area contributed by atoms with Gasteiger partial charge >= 0.3 is 0 Å². The van der Waals surface area contributed by atoms with Crippen LogP contribution in [0, 0.1) is 24.5 Å². The minimum atomic E-state index is -0.320. The first kappa shape index (κ1) is 20.2. The standard InChI is InChI=1S/C23H26F2N2O/c1-3-10-27-14-19(17-8-9-21(24)16(2)11-17)12-20(15-27)23(28)26-13-18-6-4-5-7-22(18)25/h3-9,11,19-20H,1,10,12-15H2,2H3,(H,26,28). The van der Waals surface area contributed by atoms with E-state index in [1.807, 2.05) is 12.1 Å². The van der Waals surface area contributed by atoms with Crippen molar-refractivity contribution < 1.29 is 13.6 Å². The van der Waals surface area contributed by atoms with Crippen LogP contribution in [0.4, 0.5) is 8.78 Å². The second-order valence-electron chi connectivity index (χ2n) is 7.45. The average Bonchev–Trinajstić information content (AvgIpc) is 2.69. The maximum absolute atomic E-state index is 13.8. The molecule has 0 radical (unpaired) electrons. The summed E-state index contributed by atoms with van der Waals surface area (Å²) in [7, 11) is 0. The Morgan fingerprint density at radius 2 is 2.00 bits per heavy atom. The summed E-state index contributed by atoms with van der Waals surface area (Å²) in [4.78, 5) is 15.0. The van der Waals surface area contributed by atoms with Gasteiger partial charge in [-0.15, -0.1) is 6.58 Å². The van der Waals surface area contributed by atoms with E-state index in [-0.39, 0.29) is 35.9 Å². The normalized spacial score (nSPS) is 20.0. The molecule has 0 aromatic heterocycles. The third-order valence-electron chi connectivity index (χ3n) is 5.35. The molecule has 0 bridgehead atoms. The number of amides is 1. The molecule has 1 N–H and O–H groups in total. The predicted molar refractivity (Wildman–Crippen MR) is 107 cm³/mol. The van der Waals surface area contributed by atoms with Crippen molar-refractivity contribution in [3.05, 3.63) is 83.4 Å². The second kappa shape index (κ2) is 9.11. The van der Waals surface area contributed by atoms with Gasteiger partial charge in [-0.1, -0.05) is 36.4 Å². The van der Waals surface area contributed by atoms with Crippen LogP contribution < -0.4 is 5.32 Å². The van der Waals surface area contributed by atoms with Crippen molar-refractivity contribution in [2.45, 2.75) is 25.8 Å². The summed E-state index contributed by atoms with van der Waals surface area (Å²) in [5, 5.41) is 2.87. The van der Waals surface area contributed by atoms with Crippen LogP contribution in [0.3, 0.4) is 0 Å². The number of likely N-dealkylation sites (tertiary alicyclic amines) is 1. The molecule has 1 fully saturated rings. The van der Waals surface area contributed by atoms with Gasteiger partial charge in [-0.05, 0) is 42.5 Å². The Kier molecular flexibility index (Phi) is 6.57. The number of nitrogens with zero attached hydrogens (tertiary/aromatic N) is 1. The quantitative estimate of drug-likeness (QED) is 0.758. The summed E-state index contributed by atoms with van der Waals surface area (Å²) in [5.74, 6) is -0.699.